The number of hydrogen-bond acceptors (Lipinski definition) is 4. The van der Waals surface area contributed by atoms with Gasteiger partial charge in [-0.15, -0.1) is 0 Å². The molecule has 1 aromatic heterocycles. The molecule has 0 fully saturated rings. The molecule has 9 heteroatoms. The van der Waals surface area contributed by atoms with Crippen molar-refractivity contribution < 1.29 is 22.0 Å². The molecule has 1 amide bonds. The summed E-state index contributed by atoms with van der Waals surface area (Å²) in [7, 11) is -4.29. The lowest BCUT2D eigenvalue weighted by molar-refractivity contribution is -0.116. The number of benzene rings is 3. The number of carbonyl (C=O) groups excluding carboxylic acids is 1. The standard InChI is InChI=1S/C25H20F2N2O4S/c1-2-16-3-12-22-21(13-16)25(31)23(34(32,33)20-10-6-18(27)7-11-20)14-29(22)15-24(30)28-19-8-4-17(26)5-9-19/h3-14H,2,15H2,1H3,(H,28,30). The molecule has 0 radical (unpaired) electrons. The summed E-state index contributed by atoms with van der Waals surface area (Å²) in [5.41, 5.74) is 0.867. The molecule has 0 bridgehead atoms. The smallest absolute Gasteiger partial charge is 0.244 e. The summed E-state index contributed by atoms with van der Waals surface area (Å²) in [6, 6.07) is 14.4. The van der Waals surface area contributed by atoms with Crippen molar-refractivity contribution in [1.29, 1.82) is 0 Å². The van der Waals surface area contributed by atoms with Gasteiger partial charge in [0, 0.05) is 17.3 Å². The van der Waals surface area contributed by atoms with Crippen LogP contribution in [0.15, 0.2) is 87.5 Å². The van der Waals surface area contributed by atoms with Crippen LogP contribution in [0.4, 0.5) is 14.5 Å². The van der Waals surface area contributed by atoms with E-state index in [1.807, 2.05) is 6.92 Å². The summed E-state index contributed by atoms with van der Waals surface area (Å²) in [6.45, 7) is 1.60. The minimum absolute atomic E-state index is 0.150. The van der Waals surface area contributed by atoms with Crippen molar-refractivity contribution in [3.05, 3.63) is 100 Å². The van der Waals surface area contributed by atoms with Crippen LogP contribution in [0, 0.1) is 11.6 Å². The van der Waals surface area contributed by atoms with E-state index >= 15 is 0 Å². The molecule has 34 heavy (non-hydrogen) atoms. The van der Waals surface area contributed by atoms with Crippen LogP contribution in [-0.2, 0) is 27.6 Å². The number of fused-ring (bicyclic) bond motifs is 1. The number of sulfone groups is 1. The van der Waals surface area contributed by atoms with E-state index in [4.69, 9.17) is 0 Å². The highest BCUT2D eigenvalue weighted by atomic mass is 32.2. The molecule has 0 saturated heterocycles. The molecule has 0 saturated carbocycles. The Kier molecular flexibility index (Phi) is 6.30. The van der Waals surface area contributed by atoms with Gasteiger partial charge >= 0.3 is 0 Å². The third-order valence-electron chi connectivity index (χ3n) is 5.38. The molecule has 3 aromatic carbocycles. The molecule has 4 rings (SSSR count). The van der Waals surface area contributed by atoms with E-state index in [0.717, 1.165) is 36.0 Å². The van der Waals surface area contributed by atoms with Crippen LogP contribution in [0.3, 0.4) is 0 Å². The van der Waals surface area contributed by atoms with E-state index < -0.39 is 37.7 Å². The monoisotopic (exact) mass is 482 g/mol. The molecular formula is C25H20F2N2O4S. The van der Waals surface area contributed by atoms with Gasteiger partial charge in [-0.3, -0.25) is 9.59 Å². The average molecular weight is 483 g/mol. The fraction of sp³-hybridized carbons (Fsp3) is 0.120. The van der Waals surface area contributed by atoms with Gasteiger partial charge in [0.1, 0.15) is 23.1 Å². The number of rotatable bonds is 6. The number of amides is 1. The maximum atomic E-state index is 13.3. The number of pyridine rings is 1. The van der Waals surface area contributed by atoms with Gasteiger partial charge in [-0.1, -0.05) is 13.0 Å². The molecule has 1 N–H and O–H groups in total. The summed E-state index contributed by atoms with van der Waals surface area (Å²) in [6.07, 6.45) is 1.74. The van der Waals surface area contributed by atoms with Crippen LogP contribution < -0.4 is 10.7 Å². The highest BCUT2D eigenvalue weighted by molar-refractivity contribution is 7.91. The number of nitrogens with zero attached hydrogens (tertiary/aromatic N) is 1. The fourth-order valence-electron chi connectivity index (χ4n) is 3.59. The van der Waals surface area contributed by atoms with Gasteiger partial charge in [0.2, 0.25) is 21.2 Å². The Bertz CT molecular complexity index is 1550. The minimum atomic E-state index is -4.29. The van der Waals surface area contributed by atoms with Crippen molar-refractivity contribution in [1.82, 2.24) is 4.57 Å². The maximum Gasteiger partial charge on any atom is 0.244 e. The fourth-order valence-corrected chi connectivity index (χ4v) is 4.96. The Hall–Kier alpha value is -3.85. The van der Waals surface area contributed by atoms with Crippen LogP contribution in [-0.4, -0.2) is 18.9 Å². The zero-order chi connectivity index (χ0) is 24.5. The molecule has 0 atom stereocenters. The summed E-state index contributed by atoms with van der Waals surface area (Å²) in [5.74, 6) is -1.56. The SMILES string of the molecule is CCc1ccc2c(c1)c(=O)c(S(=O)(=O)c1ccc(F)cc1)cn2CC(=O)Nc1ccc(F)cc1. The molecule has 0 aliphatic heterocycles. The predicted molar refractivity (Wildman–Crippen MR) is 124 cm³/mol. The number of aromatic nitrogens is 1. The van der Waals surface area contributed by atoms with E-state index in [0.29, 0.717) is 17.6 Å². The van der Waals surface area contributed by atoms with E-state index in [-0.39, 0.29) is 16.8 Å². The lowest BCUT2D eigenvalue weighted by Crippen LogP contribution is -2.24. The molecule has 4 aromatic rings. The first-order valence-corrected chi connectivity index (χ1v) is 11.9. The summed E-state index contributed by atoms with van der Waals surface area (Å²) in [5, 5.41) is 2.77. The third kappa shape index (κ3) is 4.60. The van der Waals surface area contributed by atoms with Crippen molar-refractivity contribution in [2.75, 3.05) is 5.32 Å². The Balaban J connectivity index is 1.83. The van der Waals surface area contributed by atoms with Crippen LogP contribution in [0.5, 0.6) is 0 Å². The molecule has 6 nitrogen and oxygen atoms in total. The van der Waals surface area contributed by atoms with Gasteiger partial charge in [0.05, 0.1) is 10.4 Å². The van der Waals surface area contributed by atoms with Gasteiger partial charge in [0.25, 0.3) is 0 Å². The minimum Gasteiger partial charge on any atom is -0.336 e. The number of hydrogen-bond donors (Lipinski definition) is 1. The number of nitrogens with one attached hydrogen (secondary N) is 1. The molecule has 0 aliphatic rings. The van der Waals surface area contributed by atoms with Gasteiger partial charge in [-0.2, -0.15) is 0 Å². The van der Waals surface area contributed by atoms with Crippen LogP contribution in [0.1, 0.15) is 12.5 Å². The van der Waals surface area contributed by atoms with Crippen molar-refractivity contribution in [2.24, 2.45) is 0 Å². The van der Waals surface area contributed by atoms with Crippen LogP contribution in [0.25, 0.3) is 10.9 Å². The third-order valence-corrected chi connectivity index (χ3v) is 7.14. The molecule has 1 heterocycles. The molecular weight excluding hydrogens is 462 g/mol. The van der Waals surface area contributed by atoms with Crippen molar-refractivity contribution in [2.45, 2.75) is 29.7 Å². The first-order valence-electron chi connectivity index (χ1n) is 10.4. The quantitative estimate of drug-likeness (QED) is 0.415. The number of halogens is 2. The first kappa shape index (κ1) is 23.3. The van der Waals surface area contributed by atoms with Gasteiger partial charge in [-0.05, 0) is 72.6 Å². The van der Waals surface area contributed by atoms with Crippen molar-refractivity contribution in [3.63, 3.8) is 0 Å². The summed E-state index contributed by atoms with van der Waals surface area (Å²) >= 11 is 0. The second-order valence-electron chi connectivity index (χ2n) is 7.67. The van der Waals surface area contributed by atoms with Crippen LogP contribution >= 0.6 is 0 Å². The van der Waals surface area contributed by atoms with Gasteiger partial charge in [-0.25, -0.2) is 17.2 Å². The topological polar surface area (TPSA) is 85.2 Å². The number of aryl methyl sites for hydroxylation is 1. The molecule has 0 spiro atoms. The Labute approximate surface area is 194 Å². The van der Waals surface area contributed by atoms with E-state index in [2.05, 4.69) is 5.32 Å². The van der Waals surface area contributed by atoms with E-state index in [1.54, 1.807) is 18.2 Å². The average Bonchev–Trinajstić information content (AvgIpc) is 2.82. The first-order chi connectivity index (χ1) is 16.2. The molecule has 0 unspecified atom stereocenters. The molecule has 174 valence electrons. The van der Waals surface area contributed by atoms with Gasteiger partial charge in [0.15, 0.2) is 0 Å². The Morgan fingerprint density at radius 2 is 1.56 bits per heavy atom. The Morgan fingerprint density at radius 1 is 0.941 bits per heavy atom. The largest absolute Gasteiger partial charge is 0.336 e. The zero-order valence-electron chi connectivity index (χ0n) is 18.1. The molecule has 0 aliphatic carbocycles. The van der Waals surface area contributed by atoms with E-state index in [9.17, 15) is 26.8 Å². The normalized spacial score (nSPS) is 11.5. The lowest BCUT2D eigenvalue weighted by Gasteiger charge is -2.15. The summed E-state index contributed by atoms with van der Waals surface area (Å²) < 4.78 is 54.4. The summed E-state index contributed by atoms with van der Waals surface area (Å²) in [4.78, 5) is 25.2. The highest BCUT2D eigenvalue weighted by Gasteiger charge is 2.24. The maximum absolute atomic E-state index is 13.3. The second-order valence-corrected chi connectivity index (χ2v) is 9.59. The number of carbonyl (C=O) groups is 1. The zero-order valence-corrected chi connectivity index (χ0v) is 18.9. The second kappa shape index (κ2) is 9.18. The van der Waals surface area contributed by atoms with Gasteiger partial charge < -0.3 is 9.88 Å². The van der Waals surface area contributed by atoms with Crippen LogP contribution in [0.2, 0.25) is 0 Å². The Morgan fingerprint density at radius 3 is 2.18 bits per heavy atom. The highest BCUT2D eigenvalue weighted by Crippen LogP contribution is 2.23. The number of anilines is 1. The lowest BCUT2D eigenvalue weighted by atomic mass is 10.1. The van der Waals surface area contributed by atoms with Crippen molar-refractivity contribution >= 4 is 32.3 Å². The van der Waals surface area contributed by atoms with Crippen molar-refractivity contribution in [3.8, 4) is 0 Å². The van der Waals surface area contributed by atoms with E-state index in [1.165, 1.54) is 28.8 Å². The predicted octanol–water partition coefficient (Wildman–Crippen LogP) is 4.31.